The standard InChI is InChI=1S/C25H20N2O3S2/c28-22(26-19-8-4-7-18(14-19)25-31-11-12-32-25)17-6-3-5-16(13-17)15-27-23(29)20-9-1-2-10-21(20)24(27)30/h1-10,13-14,25H,11-12,15H2,(H,26,28). The molecule has 2 aliphatic heterocycles. The predicted molar refractivity (Wildman–Crippen MR) is 129 cm³/mol. The second kappa shape index (κ2) is 8.84. The molecule has 0 aromatic heterocycles. The second-order valence-electron chi connectivity index (χ2n) is 7.60. The number of imide groups is 1. The summed E-state index contributed by atoms with van der Waals surface area (Å²) in [6, 6.07) is 21.8. The van der Waals surface area contributed by atoms with E-state index in [1.54, 1.807) is 42.5 Å². The van der Waals surface area contributed by atoms with Gasteiger partial charge in [0.15, 0.2) is 0 Å². The molecule has 1 saturated heterocycles. The lowest BCUT2D eigenvalue weighted by atomic mass is 10.1. The van der Waals surface area contributed by atoms with Gasteiger partial charge in [0.1, 0.15) is 0 Å². The van der Waals surface area contributed by atoms with Gasteiger partial charge in [-0.2, -0.15) is 0 Å². The molecule has 0 aliphatic carbocycles. The summed E-state index contributed by atoms with van der Waals surface area (Å²) >= 11 is 3.85. The van der Waals surface area contributed by atoms with Crippen molar-refractivity contribution in [1.29, 1.82) is 0 Å². The fourth-order valence-corrected chi connectivity index (χ4v) is 6.73. The number of fused-ring (bicyclic) bond motifs is 1. The molecule has 3 aromatic rings. The first-order valence-corrected chi connectivity index (χ1v) is 12.4. The first-order valence-electron chi connectivity index (χ1n) is 10.3. The van der Waals surface area contributed by atoms with Gasteiger partial charge in [0.25, 0.3) is 17.7 Å². The second-order valence-corrected chi connectivity index (χ2v) is 10.3. The largest absolute Gasteiger partial charge is 0.322 e. The molecule has 7 heteroatoms. The maximum Gasteiger partial charge on any atom is 0.261 e. The van der Waals surface area contributed by atoms with E-state index in [1.165, 1.54) is 10.5 Å². The van der Waals surface area contributed by atoms with Crippen LogP contribution in [0.5, 0.6) is 0 Å². The van der Waals surface area contributed by atoms with Gasteiger partial charge >= 0.3 is 0 Å². The molecular formula is C25H20N2O3S2. The number of thioether (sulfide) groups is 2. The number of carbonyl (C=O) groups is 3. The molecule has 0 spiro atoms. The quantitative estimate of drug-likeness (QED) is 0.529. The van der Waals surface area contributed by atoms with Crippen LogP contribution in [0.4, 0.5) is 5.69 Å². The molecule has 0 saturated carbocycles. The molecule has 5 nitrogen and oxygen atoms in total. The van der Waals surface area contributed by atoms with E-state index < -0.39 is 0 Å². The number of benzene rings is 3. The summed E-state index contributed by atoms with van der Waals surface area (Å²) < 4.78 is 0.412. The lowest BCUT2D eigenvalue weighted by molar-refractivity contribution is 0.0642. The number of carbonyl (C=O) groups excluding carboxylic acids is 3. The molecule has 2 heterocycles. The van der Waals surface area contributed by atoms with Crippen LogP contribution in [0.3, 0.4) is 0 Å². The van der Waals surface area contributed by atoms with Crippen LogP contribution in [0.2, 0.25) is 0 Å². The van der Waals surface area contributed by atoms with E-state index in [0.717, 1.165) is 22.8 Å². The van der Waals surface area contributed by atoms with Gasteiger partial charge in [-0.3, -0.25) is 19.3 Å². The molecule has 2 aliphatic rings. The van der Waals surface area contributed by atoms with E-state index in [4.69, 9.17) is 0 Å². The van der Waals surface area contributed by atoms with Crippen molar-refractivity contribution >= 4 is 46.9 Å². The smallest absolute Gasteiger partial charge is 0.261 e. The molecule has 1 N–H and O–H groups in total. The van der Waals surface area contributed by atoms with Crippen LogP contribution < -0.4 is 5.32 Å². The Kier molecular flexibility index (Phi) is 5.76. The highest BCUT2D eigenvalue weighted by Crippen LogP contribution is 2.45. The highest BCUT2D eigenvalue weighted by molar-refractivity contribution is 8.19. The first kappa shape index (κ1) is 20.8. The zero-order chi connectivity index (χ0) is 22.1. The maximum atomic E-state index is 12.9. The Bertz CT molecular complexity index is 1190. The van der Waals surface area contributed by atoms with Crippen molar-refractivity contribution in [2.45, 2.75) is 11.1 Å². The lowest BCUT2D eigenvalue weighted by Gasteiger charge is -2.15. The number of hydrogen-bond donors (Lipinski definition) is 1. The van der Waals surface area contributed by atoms with Crippen LogP contribution in [-0.2, 0) is 6.54 Å². The molecule has 0 atom stereocenters. The summed E-state index contributed by atoms with van der Waals surface area (Å²) in [6.07, 6.45) is 0. The Hall–Kier alpha value is -3.03. The molecule has 0 bridgehead atoms. The minimum Gasteiger partial charge on any atom is -0.322 e. The summed E-state index contributed by atoms with van der Waals surface area (Å²) in [5.74, 6) is 1.45. The number of nitrogens with zero attached hydrogens (tertiary/aromatic N) is 1. The summed E-state index contributed by atoms with van der Waals surface area (Å²) in [5, 5.41) is 2.97. The predicted octanol–water partition coefficient (Wildman–Crippen LogP) is 5.21. The average molecular weight is 461 g/mol. The summed E-state index contributed by atoms with van der Waals surface area (Å²) in [6.45, 7) is 0.124. The first-order chi connectivity index (χ1) is 15.6. The van der Waals surface area contributed by atoms with Gasteiger partial charge in [-0.05, 0) is 47.5 Å². The molecule has 32 heavy (non-hydrogen) atoms. The van der Waals surface area contributed by atoms with E-state index in [-0.39, 0.29) is 24.3 Å². The molecule has 0 unspecified atom stereocenters. The SMILES string of the molecule is O=C(Nc1cccc(C2SCCS2)c1)c1cccc(CN2C(=O)c3ccccc3C2=O)c1. The third kappa shape index (κ3) is 4.06. The zero-order valence-electron chi connectivity index (χ0n) is 17.1. The molecule has 0 radical (unpaired) electrons. The number of nitrogens with one attached hydrogen (secondary N) is 1. The Morgan fingerprint density at radius 2 is 1.56 bits per heavy atom. The molecule has 1 fully saturated rings. The topological polar surface area (TPSA) is 66.5 Å². The van der Waals surface area contributed by atoms with Crippen LogP contribution in [0.15, 0.2) is 72.8 Å². The van der Waals surface area contributed by atoms with E-state index in [2.05, 4.69) is 11.4 Å². The monoisotopic (exact) mass is 460 g/mol. The maximum absolute atomic E-state index is 12.9. The molecular weight excluding hydrogens is 440 g/mol. The zero-order valence-corrected chi connectivity index (χ0v) is 18.7. The van der Waals surface area contributed by atoms with Crippen molar-refractivity contribution in [2.75, 3.05) is 16.8 Å². The lowest BCUT2D eigenvalue weighted by Crippen LogP contribution is -2.29. The fourth-order valence-electron chi connectivity index (χ4n) is 3.89. The van der Waals surface area contributed by atoms with Gasteiger partial charge in [0, 0.05) is 22.8 Å². The third-order valence-corrected chi connectivity index (χ3v) is 8.55. The van der Waals surface area contributed by atoms with E-state index in [9.17, 15) is 14.4 Å². The van der Waals surface area contributed by atoms with Crippen molar-refractivity contribution in [1.82, 2.24) is 4.90 Å². The van der Waals surface area contributed by atoms with Gasteiger partial charge in [-0.1, -0.05) is 36.4 Å². The van der Waals surface area contributed by atoms with Crippen molar-refractivity contribution in [3.8, 4) is 0 Å². The van der Waals surface area contributed by atoms with Crippen molar-refractivity contribution in [2.24, 2.45) is 0 Å². The minimum atomic E-state index is -0.306. The summed E-state index contributed by atoms with van der Waals surface area (Å²) in [5.41, 5.74) is 4.00. The summed E-state index contributed by atoms with van der Waals surface area (Å²) in [7, 11) is 0. The Balaban J connectivity index is 1.30. The fraction of sp³-hybridized carbons (Fsp3) is 0.160. The van der Waals surface area contributed by atoms with Gasteiger partial charge in [0.2, 0.25) is 0 Å². The number of anilines is 1. The van der Waals surface area contributed by atoms with Gasteiger partial charge in [0.05, 0.1) is 22.3 Å². The number of hydrogen-bond acceptors (Lipinski definition) is 5. The summed E-state index contributed by atoms with van der Waals surface area (Å²) in [4.78, 5) is 39.4. The number of amides is 3. The van der Waals surface area contributed by atoms with Crippen LogP contribution in [0.25, 0.3) is 0 Å². The molecule has 5 rings (SSSR count). The third-order valence-electron chi connectivity index (χ3n) is 5.45. The number of rotatable bonds is 5. The highest BCUT2D eigenvalue weighted by Gasteiger charge is 2.35. The van der Waals surface area contributed by atoms with Crippen LogP contribution in [0.1, 0.15) is 46.8 Å². The van der Waals surface area contributed by atoms with Crippen LogP contribution in [0, 0.1) is 0 Å². The highest BCUT2D eigenvalue weighted by atomic mass is 32.2. The molecule has 3 aromatic carbocycles. The normalized spacial score (nSPS) is 15.8. The average Bonchev–Trinajstić information content (AvgIpc) is 3.44. The van der Waals surface area contributed by atoms with Crippen LogP contribution in [-0.4, -0.2) is 34.1 Å². The molecule has 160 valence electrons. The Morgan fingerprint density at radius 3 is 2.28 bits per heavy atom. The van der Waals surface area contributed by atoms with Gasteiger partial charge < -0.3 is 5.32 Å². The minimum absolute atomic E-state index is 0.124. The Morgan fingerprint density at radius 1 is 0.875 bits per heavy atom. The van der Waals surface area contributed by atoms with E-state index in [1.807, 2.05) is 47.8 Å². The Labute approximate surface area is 194 Å². The van der Waals surface area contributed by atoms with E-state index >= 15 is 0 Å². The van der Waals surface area contributed by atoms with Gasteiger partial charge in [-0.15, -0.1) is 23.5 Å². The van der Waals surface area contributed by atoms with Crippen molar-refractivity contribution < 1.29 is 14.4 Å². The molecule has 3 amide bonds. The van der Waals surface area contributed by atoms with Crippen LogP contribution >= 0.6 is 23.5 Å². The van der Waals surface area contributed by atoms with Crippen molar-refractivity contribution in [3.63, 3.8) is 0 Å². The van der Waals surface area contributed by atoms with Crippen molar-refractivity contribution in [3.05, 3.63) is 101 Å². The van der Waals surface area contributed by atoms with E-state index in [0.29, 0.717) is 21.3 Å². The van der Waals surface area contributed by atoms with Gasteiger partial charge in [-0.25, -0.2) is 0 Å².